The van der Waals surface area contributed by atoms with Crippen molar-refractivity contribution in [2.75, 3.05) is 7.05 Å². The molecule has 0 unspecified atom stereocenters. The van der Waals surface area contributed by atoms with Crippen molar-refractivity contribution in [3.8, 4) is 0 Å². The number of nitrogens with one attached hydrogen (secondary N) is 1. The van der Waals surface area contributed by atoms with Crippen LogP contribution < -0.4 is 5.32 Å². The molecule has 84 valence electrons. The van der Waals surface area contributed by atoms with Gasteiger partial charge in [-0.1, -0.05) is 38.1 Å². The fourth-order valence-corrected chi connectivity index (χ4v) is 2.38. The standard InChI is InChI=1S/C14H17NO/c1-14(2)9-10(8-13(16)15-3)11-6-4-5-7-12(11)14/h4-8H,9H2,1-3H3,(H,15,16). The molecule has 2 nitrogen and oxygen atoms in total. The summed E-state index contributed by atoms with van der Waals surface area (Å²) in [6.07, 6.45) is 2.65. The zero-order valence-corrected chi connectivity index (χ0v) is 10.0. The van der Waals surface area contributed by atoms with E-state index >= 15 is 0 Å². The number of rotatable bonds is 1. The first-order chi connectivity index (χ1) is 7.54. The van der Waals surface area contributed by atoms with Crippen molar-refractivity contribution < 1.29 is 4.79 Å². The van der Waals surface area contributed by atoms with Gasteiger partial charge in [-0.05, 0) is 28.5 Å². The highest BCUT2D eigenvalue weighted by atomic mass is 16.1. The van der Waals surface area contributed by atoms with E-state index < -0.39 is 0 Å². The average Bonchev–Trinajstić information content (AvgIpc) is 2.51. The molecule has 1 aliphatic rings. The molecule has 1 aromatic rings. The average molecular weight is 215 g/mol. The van der Waals surface area contributed by atoms with E-state index in [1.165, 1.54) is 11.1 Å². The fourth-order valence-electron chi connectivity index (χ4n) is 2.38. The van der Waals surface area contributed by atoms with E-state index in [2.05, 4.69) is 37.4 Å². The monoisotopic (exact) mass is 215 g/mol. The normalized spacial score (nSPS) is 19.6. The third-order valence-electron chi connectivity index (χ3n) is 3.19. The van der Waals surface area contributed by atoms with Gasteiger partial charge in [0.15, 0.2) is 0 Å². The van der Waals surface area contributed by atoms with Gasteiger partial charge >= 0.3 is 0 Å². The SMILES string of the molecule is CNC(=O)C=C1CC(C)(C)c2ccccc21. The predicted molar refractivity (Wildman–Crippen MR) is 66.1 cm³/mol. The Labute approximate surface area is 96.4 Å². The first-order valence-electron chi connectivity index (χ1n) is 5.57. The summed E-state index contributed by atoms with van der Waals surface area (Å²) in [5.41, 5.74) is 3.83. The molecule has 0 spiro atoms. The summed E-state index contributed by atoms with van der Waals surface area (Å²) in [6.45, 7) is 4.44. The summed E-state index contributed by atoms with van der Waals surface area (Å²) in [4.78, 5) is 11.4. The van der Waals surface area contributed by atoms with Crippen LogP contribution in [0.4, 0.5) is 0 Å². The maximum Gasteiger partial charge on any atom is 0.244 e. The zero-order chi connectivity index (χ0) is 11.8. The third-order valence-corrected chi connectivity index (χ3v) is 3.19. The first kappa shape index (κ1) is 10.9. The van der Waals surface area contributed by atoms with Crippen LogP contribution in [0.1, 0.15) is 31.4 Å². The maximum atomic E-state index is 11.4. The lowest BCUT2D eigenvalue weighted by molar-refractivity contribution is -0.116. The highest BCUT2D eigenvalue weighted by Crippen LogP contribution is 2.44. The van der Waals surface area contributed by atoms with Gasteiger partial charge in [-0.3, -0.25) is 4.79 Å². The van der Waals surface area contributed by atoms with E-state index in [-0.39, 0.29) is 11.3 Å². The summed E-state index contributed by atoms with van der Waals surface area (Å²) < 4.78 is 0. The maximum absolute atomic E-state index is 11.4. The lowest BCUT2D eigenvalue weighted by Crippen LogP contribution is -2.15. The predicted octanol–water partition coefficient (Wildman–Crippen LogP) is 2.50. The van der Waals surface area contributed by atoms with Gasteiger partial charge in [0.1, 0.15) is 0 Å². The van der Waals surface area contributed by atoms with Crippen LogP contribution in [0.15, 0.2) is 30.3 Å². The van der Waals surface area contributed by atoms with Crippen molar-refractivity contribution >= 4 is 11.5 Å². The first-order valence-corrected chi connectivity index (χ1v) is 5.57. The summed E-state index contributed by atoms with van der Waals surface area (Å²) in [5.74, 6) is -0.0255. The Morgan fingerprint density at radius 2 is 2.06 bits per heavy atom. The molecule has 0 radical (unpaired) electrons. The van der Waals surface area contributed by atoms with Crippen molar-refractivity contribution in [3.63, 3.8) is 0 Å². The number of hydrogen-bond donors (Lipinski definition) is 1. The number of hydrogen-bond acceptors (Lipinski definition) is 1. The van der Waals surface area contributed by atoms with Gasteiger partial charge in [-0.2, -0.15) is 0 Å². The van der Waals surface area contributed by atoms with Gasteiger partial charge < -0.3 is 5.32 Å². The minimum atomic E-state index is -0.0255. The molecule has 0 heterocycles. The molecule has 0 saturated heterocycles. The summed E-state index contributed by atoms with van der Waals surface area (Å²) in [7, 11) is 1.66. The van der Waals surface area contributed by atoms with Crippen LogP contribution in [-0.4, -0.2) is 13.0 Å². The number of carbonyl (C=O) groups excluding carboxylic acids is 1. The highest BCUT2D eigenvalue weighted by Gasteiger charge is 2.32. The van der Waals surface area contributed by atoms with Crippen LogP contribution in [0.2, 0.25) is 0 Å². The number of carbonyl (C=O) groups is 1. The molecule has 0 aromatic heterocycles. The van der Waals surface area contributed by atoms with Crippen molar-refractivity contribution in [2.45, 2.75) is 25.7 Å². The molecule has 2 heteroatoms. The van der Waals surface area contributed by atoms with Crippen molar-refractivity contribution in [1.29, 1.82) is 0 Å². The van der Waals surface area contributed by atoms with Crippen molar-refractivity contribution in [2.24, 2.45) is 0 Å². The van der Waals surface area contributed by atoms with Crippen LogP contribution in [0.25, 0.3) is 5.57 Å². The molecule has 1 aliphatic carbocycles. The van der Waals surface area contributed by atoms with Crippen LogP contribution in [-0.2, 0) is 10.2 Å². The highest BCUT2D eigenvalue weighted by molar-refractivity contribution is 5.96. The Kier molecular flexibility index (Phi) is 2.58. The lowest BCUT2D eigenvalue weighted by Gasteiger charge is -2.17. The Morgan fingerprint density at radius 1 is 1.38 bits per heavy atom. The van der Waals surface area contributed by atoms with E-state index in [1.807, 2.05) is 6.07 Å². The molecule has 0 fully saturated rings. The second-order valence-electron chi connectivity index (χ2n) is 4.89. The number of likely N-dealkylation sites (N-methyl/N-ethyl adjacent to an activating group) is 1. The van der Waals surface area contributed by atoms with E-state index in [0.29, 0.717) is 0 Å². The Morgan fingerprint density at radius 3 is 2.75 bits per heavy atom. The second kappa shape index (κ2) is 3.78. The molecule has 2 rings (SSSR count). The number of allylic oxidation sites excluding steroid dienone is 1. The molecule has 0 bridgehead atoms. The van der Waals surface area contributed by atoms with Gasteiger partial charge in [0, 0.05) is 13.1 Å². The summed E-state index contributed by atoms with van der Waals surface area (Å²) in [6, 6.07) is 8.33. The summed E-state index contributed by atoms with van der Waals surface area (Å²) in [5, 5.41) is 2.63. The quantitative estimate of drug-likeness (QED) is 0.716. The van der Waals surface area contributed by atoms with Crippen LogP contribution >= 0.6 is 0 Å². The lowest BCUT2D eigenvalue weighted by atomic mass is 9.86. The number of amides is 1. The summed E-state index contributed by atoms with van der Waals surface area (Å²) >= 11 is 0. The van der Waals surface area contributed by atoms with Crippen molar-refractivity contribution in [1.82, 2.24) is 5.32 Å². The topological polar surface area (TPSA) is 29.1 Å². The second-order valence-corrected chi connectivity index (χ2v) is 4.89. The Bertz CT molecular complexity index is 458. The largest absolute Gasteiger partial charge is 0.356 e. The number of fused-ring (bicyclic) bond motifs is 1. The van der Waals surface area contributed by atoms with E-state index in [9.17, 15) is 4.79 Å². The molecule has 1 N–H and O–H groups in total. The van der Waals surface area contributed by atoms with Gasteiger partial charge in [-0.15, -0.1) is 0 Å². The van der Waals surface area contributed by atoms with Crippen molar-refractivity contribution in [3.05, 3.63) is 41.5 Å². The molecule has 0 aliphatic heterocycles. The number of benzene rings is 1. The molecule has 0 atom stereocenters. The smallest absolute Gasteiger partial charge is 0.244 e. The minimum absolute atomic E-state index is 0.0255. The molecule has 1 amide bonds. The Balaban J connectivity index is 2.48. The van der Waals surface area contributed by atoms with Gasteiger partial charge in [0.25, 0.3) is 0 Å². The molecular weight excluding hydrogens is 198 g/mol. The van der Waals surface area contributed by atoms with E-state index in [4.69, 9.17) is 0 Å². The van der Waals surface area contributed by atoms with Gasteiger partial charge in [0.05, 0.1) is 0 Å². The van der Waals surface area contributed by atoms with Gasteiger partial charge in [0.2, 0.25) is 5.91 Å². The van der Waals surface area contributed by atoms with E-state index in [1.54, 1.807) is 13.1 Å². The molecule has 16 heavy (non-hydrogen) atoms. The van der Waals surface area contributed by atoms with Gasteiger partial charge in [-0.25, -0.2) is 0 Å². The van der Waals surface area contributed by atoms with Crippen LogP contribution in [0.5, 0.6) is 0 Å². The zero-order valence-electron chi connectivity index (χ0n) is 10.0. The Hall–Kier alpha value is -1.57. The van der Waals surface area contributed by atoms with Crippen LogP contribution in [0.3, 0.4) is 0 Å². The molecular formula is C14H17NO. The molecule has 0 saturated carbocycles. The van der Waals surface area contributed by atoms with Crippen LogP contribution in [0, 0.1) is 0 Å². The molecule has 1 aromatic carbocycles. The van der Waals surface area contributed by atoms with E-state index in [0.717, 1.165) is 12.0 Å². The minimum Gasteiger partial charge on any atom is -0.356 e. The fraction of sp³-hybridized carbons (Fsp3) is 0.357. The third kappa shape index (κ3) is 1.75.